The first kappa shape index (κ1) is 13.5. The molecule has 3 atom stereocenters. The third kappa shape index (κ3) is 4.12. The van der Waals surface area contributed by atoms with Gasteiger partial charge in [0.25, 0.3) is 0 Å². The number of amides is 1. The second-order valence-corrected chi connectivity index (χ2v) is 5.15. The van der Waals surface area contributed by atoms with E-state index in [1.807, 2.05) is 0 Å². The van der Waals surface area contributed by atoms with Crippen molar-refractivity contribution in [1.82, 2.24) is 10.6 Å². The molecule has 0 spiro atoms. The minimum atomic E-state index is 0.175. The molecule has 3 heteroatoms. The van der Waals surface area contributed by atoms with E-state index in [1.54, 1.807) is 0 Å². The van der Waals surface area contributed by atoms with E-state index in [2.05, 4.69) is 31.4 Å². The molecule has 1 rings (SSSR count). The SMILES string of the molecule is CCCCCC(C)NC(=O)C1CNCC1C. The summed E-state index contributed by atoms with van der Waals surface area (Å²) >= 11 is 0. The standard InChI is InChI=1S/C13H26N2O/c1-4-5-6-7-11(3)15-13(16)12-9-14-8-10(12)2/h10-12,14H,4-9H2,1-3H3,(H,15,16). The fourth-order valence-corrected chi connectivity index (χ4v) is 2.28. The van der Waals surface area contributed by atoms with Crippen molar-refractivity contribution < 1.29 is 4.79 Å². The predicted molar refractivity (Wildman–Crippen MR) is 67.3 cm³/mol. The lowest BCUT2D eigenvalue weighted by molar-refractivity contribution is -0.126. The van der Waals surface area contributed by atoms with Crippen LogP contribution < -0.4 is 10.6 Å². The van der Waals surface area contributed by atoms with E-state index in [4.69, 9.17) is 0 Å². The van der Waals surface area contributed by atoms with Crippen LogP contribution in [0.5, 0.6) is 0 Å². The zero-order valence-corrected chi connectivity index (χ0v) is 10.9. The lowest BCUT2D eigenvalue weighted by atomic mass is 9.97. The predicted octanol–water partition coefficient (Wildman–Crippen LogP) is 1.93. The Bertz CT molecular complexity index is 218. The van der Waals surface area contributed by atoms with Crippen molar-refractivity contribution in [3.63, 3.8) is 0 Å². The lowest BCUT2D eigenvalue weighted by Gasteiger charge is -2.18. The second kappa shape index (κ2) is 6.89. The Hall–Kier alpha value is -0.570. The van der Waals surface area contributed by atoms with Gasteiger partial charge >= 0.3 is 0 Å². The Balaban J connectivity index is 2.22. The van der Waals surface area contributed by atoms with Gasteiger partial charge in [-0.2, -0.15) is 0 Å². The maximum absolute atomic E-state index is 11.9. The molecule has 0 bridgehead atoms. The summed E-state index contributed by atoms with van der Waals surface area (Å²) in [4.78, 5) is 11.9. The topological polar surface area (TPSA) is 41.1 Å². The molecule has 1 saturated heterocycles. The second-order valence-electron chi connectivity index (χ2n) is 5.15. The average molecular weight is 226 g/mol. The van der Waals surface area contributed by atoms with Crippen LogP contribution in [0.15, 0.2) is 0 Å². The number of nitrogens with one attached hydrogen (secondary N) is 2. The van der Waals surface area contributed by atoms with Crippen molar-refractivity contribution in [1.29, 1.82) is 0 Å². The highest BCUT2D eigenvalue weighted by Crippen LogP contribution is 2.16. The van der Waals surface area contributed by atoms with Crippen molar-refractivity contribution in [2.75, 3.05) is 13.1 Å². The quantitative estimate of drug-likeness (QED) is 0.679. The summed E-state index contributed by atoms with van der Waals surface area (Å²) < 4.78 is 0. The molecule has 94 valence electrons. The average Bonchev–Trinajstić information content (AvgIpc) is 2.65. The van der Waals surface area contributed by atoms with Gasteiger partial charge in [0.1, 0.15) is 0 Å². The molecule has 1 amide bonds. The first-order valence-electron chi connectivity index (χ1n) is 6.66. The summed E-state index contributed by atoms with van der Waals surface area (Å²) in [7, 11) is 0. The summed E-state index contributed by atoms with van der Waals surface area (Å²) in [5.74, 6) is 0.887. The number of carbonyl (C=O) groups is 1. The van der Waals surface area contributed by atoms with Crippen molar-refractivity contribution in [2.24, 2.45) is 11.8 Å². The van der Waals surface area contributed by atoms with Gasteiger partial charge in [0.2, 0.25) is 5.91 Å². The van der Waals surface area contributed by atoms with Gasteiger partial charge in [-0.1, -0.05) is 33.1 Å². The summed E-state index contributed by atoms with van der Waals surface area (Å²) in [5, 5.41) is 6.40. The fraction of sp³-hybridized carbons (Fsp3) is 0.923. The minimum Gasteiger partial charge on any atom is -0.353 e. The molecule has 1 heterocycles. The molecule has 2 N–H and O–H groups in total. The van der Waals surface area contributed by atoms with Gasteiger partial charge in [0, 0.05) is 12.6 Å². The third-order valence-electron chi connectivity index (χ3n) is 3.48. The van der Waals surface area contributed by atoms with Gasteiger partial charge in [-0.05, 0) is 25.8 Å². The molecule has 0 radical (unpaired) electrons. The molecule has 0 aliphatic carbocycles. The molecule has 0 aromatic heterocycles. The zero-order valence-electron chi connectivity index (χ0n) is 10.9. The largest absolute Gasteiger partial charge is 0.353 e. The molecular formula is C13H26N2O. The van der Waals surface area contributed by atoms with Gasteiger partial charge in [-0.25, -0.2) is 0 Å². The maximum atomic E-state index is 11.9. The first-order valence-corrected chi connectivity index (χ1v) is 6.66. The monoisotopic (exact) mass is 226 g/mol. The van der Waals surface area contributed by atoms with E-state index < -0.39 is 0 Å². The Morgan fingerprint density at radius 3 is 2.75 bits per heavy atom. The van der Waals surface area contributed by atoms with Gasteiger partial charge in [-0.15, -0.1) is 0 Å². The Morgan fingerprint density at radius 1 is 1.44 bits per heavy atom. The van der Waals surface area contributed by atoms with Gasteiger partial charge in [0.15, 0.2) is 0 Å². The first-order chi connectivity index (χ1) is 7.65. The van der Waals surface area contributed by atoms with E-state index >= 15 is 0 Å². The molecule has 16 heavy (non-hydrogen) atoms. The highest BCUT2D eigenvalue weighted by molar-refractivity contribution is 5.79. The van der Waals surface area contributed by atoms with Crippen molar-refractivity contribution in [2.45, 2.75) is 52.5 Å². The van der Waals surface area contributed by atoms with Crippen LogP contribution in [0, 0.1) is 11.8 Å². The molecule has 0 aromatic rings. The van der Waals surface area contributed by atoms with Crippen LogP contribution in [0.3, 0.4) is 0 Å². The van der Waals surface area contributed by atoms with E-state index in [-0.39, 0.29) is 11.8 Å². The van der Waals surface area contributed by atoms with Crippen LogP contribution in [0.25, 0.3) is 0 Å². The highest BCUT2D eigenvalue weighted by Gasteiger charge is 2.29. The number of rotatable bonds is 6. The van der Waals surface area contributed by atoms with Crippen LogP contribution in [0.4, 0.5) is 0 Å². The Labute approximate surface area is 99.4 Å². The van der Waals surface area contributed by atoms with Gasteiger partial charge < -0.3 is 10.6 Å². The molecule has 1 aliphatic rings. The maximum Gasteiger partial charge on any atom is 0.224 e. The molecule has 3 unspecified atom stereocenters. The number of carbonyl (C=O) groups excluding carboxylic acids is 1. The van der Waals surface area contributed by atoms with E-state index in [0.29, 0.717) is 12.0 Å². The number of hydrogen-bond donors (Lipinski definition) is 2. The third-order valence-corrected chi connectivity index (χ3v) is 3.48. The van der Waals surface area contributed by atoms with Crippen LogP contribution in [0.1, 0.15) is 46.5 Å². The van der Waals surface area contributed by atoms with E-state index in [9.17, 15) is 4.79 Å². The summed E-state index contributed by atoms with van der Waals surface area (Å²) in [5.41, 5.74) is 0. The summed E-state index contributed by atoms with van der Waals surface area (Å²) in [6.45, 7) is 8.28. The molecule has 1 fully saturated rings. The Kier molecular flexibility index (Phi) is 5.81. The van der Waals surface area contributed by atoms with Crippen LogP contribution in [-0.4, -0.2) is 25.0 Å². The van der Waals surface area contributed by atoms with E-state index in [1.165, 1.54) is 19.3 Å². The molecule has 0 aromatic carbocycles. The van der Waals surface area contributed by atoms with Crippen molar-refractivity contribution in [3.05, 3.63) is 0 Å². The molecule has 1 aliphatic heterocycles. The lowest BCUT2D eigenvalue weighted by Crippen LogP contribution is -2.39. The van der Waals surface area contributed by atoms with Crippen molar-refractivity contribution >= 4 is 5.91 Å². The van der Waals surface area contributed by atoms with Gasteiger partial charge in [0.05, 0.1) is 5.92 Å². The minimum absolute atomic E-state index is 0.175. The summed E-state index contributed by atoms with van der Waals surface area (Å²) in [6, 6.07) is 0.326. The number of unbranched alkanes of at least 4 members (excludes halogenated alkanes) is 2. The Morgan fingerprint density at radius 2 is 2.19 bits per heavy atom. The van der Waals surface area contributed by atoms with Crippen LogP contribution in [0.2, 0.25) is 0 Å². The normalized spacial score (nSPS) is 26.7. The molecule has 3 nitrogen and oxygen atoms in total. The van der Waals surface area contributed by atoms with Gasteiger partial charge in [-0.3, -0.25) is 4.79 Å². The van der Waals surface area contributed by atoms with E-state index in [0.717, 1.165) is 19.5 Å². The van der Waals surface area contributed by atoms with Crippen LogP contribution >= 0.6 is 0 Å². The zero-order chi connectivity index (χ0) is 12.0. The van der Waals surface area contributed by atoms with Crippen LogP contribution in [-0.2, 0) is 4.79 Å². The number of hydrogen-bond acceptors (Lipinski definition) is 2. The fourth-order valence-electron chi connectivity index (χ4n) is 2.28. The smallest absolute Gasteiger partial charge is 0.224 e. The molecule has 0 saturated carbocycles. The summed E-state index contributed by atoms with van der Waals surface area (Å²) in [6.07, 6.45) is 4.83. The molecular weight excluding hydrogens is 200 g/mol. The highest BCUT2D eigenvalue weighted by atomic mass is 16.2. The van der Waals surface area contributed by atoms with Crippen molar-refractivity contribution in [3.8, 4) is 0 Å².